The molecule has 0 saturated heterocycles. The number of aromatic hydroxyl groups is 2. The fraction of sp³-hybridized carbons (Fsp3) is 0.150. The number of nitrogens with one attached hydrogen (secondary N) is 1. The van der Waals surface area contributed by atoms with Gasteiger partial charge in [-0.1, -0.05) is 29.5 Å². The third-order valence-corrected chi connectivity index (χ3v) is 7.06. The van der Waals surface area contributed by atoms with E-state index in [1.165, 1.54) is 35.2 Å². The van der Waals surface area contributed by atoms with Crippen LogP contribution in [0.15, 0.2) is 42.5 Å². The number of para-hydroxylation sites is 1. The summed E-state index contributed by atoms with van der Waals surface area (Å²) >= 11 is 2.96. The molecule has 1 aliphatic rings. The topological polar surface area (TPSA) is 100 Å². The molecule has 1 amide bonds. The van der Waals surface area contributed by atoms with Gasteiger partial charge in [-0.2, -0.15) is 9.78 Å². The second kappa shape index (κ2) is 6.78. The van der Waals surface area contributed by atoms with Crippen LogP contribution in [0.2, 0.25) is 0 Å². The van der Waals surface area contributed by atoms with Crippen LogP contribution >= 0.6 is 23.1 Å². The summed E-state index contributed by atoms with van der Waals surface area (Å²) in [6.45, 7) is 1.90. The van der Waals surface area contributed by atoms with Crippen molar-refractivity contribution in [3.63, 3.8) is 0 Å². The van der Waals surface area contributed by atoms with Gasteiger partial charge in [0.15, 0.2) is 11.5 Å². The fourth-order valence-electron chi connectivity index (χ4n) is 3.44. The van der Waals surface area contributed by atoms with Crippen LogP contribution in [0.4, 0.5) is 5.82 Å². The number of phenols is 2. The molecular formula is C20H16N4O3S2. The summed E-state index contributed by atoms with van der Waals surface area (Å²) in [7, 11) is 0. The number of thioether (sulfide) groups is 1. The van der Waals surface area contributed by atoms with Gasteiger partial charge >= 0.3 is 0 Å². The molecule has 4 aromatic rings. The summed E-state index contributed by atoms with van der Waals surface area (Å²) < 4.78 is 2.73. The first-order valence-electron chi connectivity index (χ1n) is 8.90. The number of aryl methyl sites for hydroxylation is 1. The zero-order valence-electron chi connectivity index (χ0n) is 15.3. The van der Waals surface area contributed by atoms with Gasteiger partial charge in [0.25, 0.3) is 0 Å². The molecule has 9 heteroatoms. The number of nitrogens with zero attached hydrogens (tertiary/aromatic N) is 3. The van der Waals surface area contributed by atoms with E-state index in [1.807, 2.05) is 31.2 Å². The predicted octanol–water partition coefficient (Wildman–Crippen LogP) is 3.98. The van der Waals surface area contributed by atoms with Crippen LogP contribution in [0.3, 0.4) is 0 Å². The first-order valence-corrected chi connectivity index (χ1v) is 10.8. The molecule has 0 unspecified atom stereocenters. The summed E-state index contributed by atoms with van der Waals surface area (Å²) in [4.78, 5) is 17.1. The normalized spacial score (nSPS) is 16.4. The molecule has 0 saturated carbocycles. The van der Waals surface area contributed by atoms with Crippen molar-refractivity contribution >= 4 is 45.0 Å². The number of fused-ring (bicyclic) bond motifs is 2. The molecule has 0 bridgehead atoms. The van der Waals surface area contributed by atoms with E-state index in [0.717, 1.165) is 27.0 Å². The number of phenolic OH excluding ortho intramolecular Hbond substituents is 2. The lowest BCUT2D eigenvalue weighted by atomic mass is 10.0. The van der Waals surface area contributed by atoms with Crippen LogP contribution in [0.25, 0.3) is 15.3 Å². The SMILES string of the molecule is Cc1nn(-c2nc3ccccc3s2)c2c1[C@H](c1ccc(O)c(O)c1)SCC(=O)N2. The maximum absolute atomic E-state index is 12.4. The molecule has 0 aliphatic carbocycles. The molecule has 1 aliphatic heterocycles. The molecule has 0 fully saturated rings. The number of benzene rings is 2. The van der Waals surface area contributed by atoms with Crippen molar-refractivity contribution in [1.29, 1.82) is 0 Å². The Morgan fingerprint density at radius 3 is 2.79 bits per heavy atom. The van der Waals surface area contributed by atoms with Crippen molar-refractivity contribution in [2.75, 3.05) is 11.1 Å². The number of hydrogen-bond acceptors (Lipinski definition) is 7. The van der Waals surface area contributed by atoms with Gasteiger partial charge in [-0.15, -0.1) is 11.8 Å². The molecule has 3 N–H and O–H groups in total. The molecule has 146 valence electrons. The molecule has 2 aromatic heterocycles. The number of thiazole rings is 1. The van der Waals surface area contributed by atoms with Crippen LogP contribution in [0.5, 0.6) is 11.5 Å². The molecule has 0 spiro atoms. The van der Waals surface area contributed by atoms with Crippen LogP contribution in [0, 0.1) is 6.92 Å². The van der Waals surface area contributed by atoms with Gasteiger partial charge in [-0.3, -0.25) is 4.79 Å². The van der Waals surface area contributed by atoms with Gasteiger partial charge < -0.3 is 15.5 Å². The summed E-state index contributed by atoms with van der Waals surface area (Å²) in [6, 6.07) is 12.6. The van der Waals surface area contributed by atoms with Gasteiger partial charge in [-0.25, -0.2) is 4.98 Å². The fourth-order valence-corrected chi connectivity index (χ4v) is 5.54. The van der Waals surface area contributed by atoms with Crippen molar-refractivity contribution in [1.82, 2.24) is 14.8 Å². The second-order valence-electron chi connectivity index (χ2n) is 6.71. The van der Waals surface area contributed by atoms with Gasteiger partial charge in [0.1, 0.15) is 5.82 Å². The molecule has 3 heterocycles. The lowest BCUT2D eigenvalue weighted by Crippen LogP contribution is -2.15. The van der Waals surface area contributed by atoms with Gasteiger partial charge in [0, 0.05) is 5.56 Å². The lowest BCUT2D eigenvalue weighted by molar-refractivity contribution is -0.113. The van der Waals surface area contributed by atoms with E-state index < -0.39 is 0 Å². The zero-order valence-corrected chi connectivity index (χ0v) is 16.9. The van der Waals surface area contributed by atoms with Crippen molar-refractivity contribution < 1.29 is 15.0 Å². The number of carbonyl (C=O) groups is 1. The standard InChI is InChI=1S/C20H16N4O3S2/c1-10-17-18(11-6-7-13(25)14(26)8-11)28-9-16(27)22-19(17)24(23-10)20-21-12-4-2-3-5-15(12)29-20/h2-8,18,25-26H,9H2,1H3,(H,22,27)/t18-/m0/s1. The van der Waals surface area contributed by atoms with Crippen LogP contribution in [-0.4, -0.2) is 36.6 Å². The van der Waals surface area contributed by atoms with E-state index in [2.05, 4.69) is 15.4 Å². The van der Waals surface area contributed by atoms with Gasteiger partial charge in [0.2, 0.25) is 11.0 Å². The third kappa shape index (κ3) is 3.02. The number of amides is 1. The summed E-state index contributed by atoms with van der Waals surface area (Å²) in [5.74, 6) is 0.367. The Balaban J connectivity index is 1.69. The van der Waals surface area contributed by atoms with E-state index in [-0.39, 0.29) is 28.4 Å². The molecule has 5 rings (SSSR count). The molecule has 1 atom stereocenters. The first-order chi connectivity index (χ1) is 14.0. The molecule has 7 nitrogen and oxygen atoms in total. The van der Waals surface area contributed by atoms with Crippen LogP contribution in [0.1, 0.15) is 22.1 Å². The minimum absolute atomic E-state index is 0.121. The molecule has 0 radical (unpaired) electrons. The molecular weight excluding hydrogens is 408 g/mol. The maximum Gasteiger partial charge on any atom is 0.235 e. The number of hydrogen-bond donors (Lipinski definition) is 3. The number of carbonyl (C=O) groups excluding carboxylic acids is 1. The first kappa shape index (κ1) is 18.0. The maximum atomic E-state index is 12.4. The van der Waals surface area contributed by atoms with Crippen LogP contribution in [-0.2, 0) is 4.79 Å². The highest BCUT2D eigenvalue weighted by Crippen LogP contribution is 2.45. The minimum atomic E-state index is -0.224. The quantitative estimate of drug-likeness (QED) is 0.421. The Kier molecular flexibility index (Phi) is 4.21. The third-order valence-electron chi connectivity index (χ3n) is 4.77. The predicted molar refractivity (Wildman–Crippen MR) is 114 cm³/mol. The van der Waals surface area contributed by atoms with Crippen molar-refractivity contribution in [3.8, 4) is 16.6 Å². The Morgan fingerprint density at radius 1 is 1.17 bits per heavy atom. The molecule has 2 aromatic carbocycles. The highest BCUT2D eigenvalue weighted by Gasteiger charge is 2.31. The smallest absolute Gasteiger partial charge is 0.235 e. The summed E-state index contributed by atoms with van der Waals surface area (Å²) in [5.41, 5.74) is 3.30. The molecule has 29 heavy (non-hydrogen) atoms. The Morgan fingerprint density at radius 2 is 2.00 bits per heavy atom. The monoisotopic (exact) mass is 424 g/mol. The lowest BCUT2D eigenvalue weighted by Gasteiger charge is -2.15. The van der Waals surface area contributed by atoms with Crippen molar-refractivity contribution in [2.24, 2.45) is 0 Å². The van der Waals surface area contributed by atoms with Gasteiger partial charge in [0.05, 0.1) is 26.9 Å². The Labute approximate surface area is 174 Å². The van der Waals surface area contributed by atoms with E-state index in [1.54, 1.807) is 10.7 Å². The van der Waals surface area contributed by atoms with E-state index >= 15 is 0 Å². The van der Waals surface area contributed by atoms with E-state index in [4.69, 9.17) is 0 Å². The second-order valence-corrected chi connectivity index (χ2v) is 8.81. The average molecular weight is 425 g/mol. The number of aromatic nitrogens is 3. The summed E-state index contributed by atoms with van der Waals surface area (Å²) in [6.07, 6.45) is 0. The van der Waals surface area contributed by atoms with Crippen molar-refractivity contribution in [3.05, 3.63) is 59.3 Å². The highest BCUT2D eigenvalue weighted by atomic mass is 32.2. The Bertz CT molecular complexity index is 1230. The van der Waals surface area contributed by atoms with Gasteiger partial charge in [-0.05, 0) is 36.8 Å². The number of anilines is 1. The largest absolute Gasteiger partial charge is 0.504 e. The van der Waals surface area contributed by atoms with E-state index in [0.29, 0.717) is 10.9 Å². The number of rotatable bonds is 2. The van der Waals surface area contributed by atoms with E-state index in [9.17, 15) is 15.0 Å². The van der Waals surface area contributed by atoms with Crippen LogP contribution < -0.4 is 5.32 Å². The van der Waals surface area contributed by atoms with Crippen molar-refractivity contribution in [2.45, 2.75) is 12.2 Å². The Hall–Kier alpha value is -3.04. The average Bonchev–Trinajstić information content (AvgIpc) is 3.21. The summed E-state index contributed by atoms with van der Waals surface area (Å²) in [5, 5.41) is 27.7. The zero-order chi connectivity index (χ0) is 20.1. The highest BCUT2D eigenvalue weighted by molar-refractivity contribution is 8.00. The minimum Gasteiger partial charge on any atom is -0.504 e.